The summed E-state index contributed by atoms with van der Waals surface area (Å²) < 4.78 is 5.75. The molecule has 0 aliphatic carbocycles. The molecule has 0 aliphatic rings. The summed E-state index contributed by atoms with van der Waals surface area (Å²) in [5.41, 5.74) is 4.49. The SMILES string of the molecule is Cc1c(Cn2c(=S)[nH]c3ccc(Br)cc32)cnn1C. The lowest BCUT2D eigenvalue weighted by molar-refractivity contribution is 0.732. The number of halogens is 1. The second kappa shape index (κ2) is 4.61. The number of nitrogens with one attached hydrogen (secondary N) is 1. The van der Waals surface area contributed by atoms with E-state index in [1.807, 2.05) is 30.1 Å². The van der Waals surface area contributed by atoms with Crippen molar-refractivity contribution in [3.8, 4) is 0 Å². The molecule has 0 saturated heterocycles. The molecular formula is C13H13BrN4S. The van der Waals surface area contributed by atoms with Gasteiger partial charge in [0.05, 0.1) is 23.8 Å². The zero-order valence-electron chi connectivity index (χ0n) is 10.6. The summed E-state index contributed by atoms with van der Waals surface area (Å²) in [6.45, 7) is 2.80. The molecule has 1 aromatic carbocycles. The molecule has 0 unspecified atom stereocenters. The summed E-state index contributed by atoms with van der Waals surface area (Å²) in [6.07, 6.45) is 1.90. The number of hydrogen-bond donors (Lipinski definition) is 1. The molecule has 0 fully saturated rings. The largest absolute Gasteiger partial charge is 0.331 e. The third-order valence-electron chi connectivity index (χ3n) is 3.40. The first-order chi connectivity index (χ1) is 9.06. The van der Waals surface area contributed by atoms with Gasteiger partial charge in [-0.2, -0.15) is 5.10 Å². The lowest BCUT2D eigenvalue weighted by Gasteiger charge is -2.04. The summed E-state index contributed by atoms with van der Waals surface area (Å²) in [5.74, 6) is 0. The molecule has 3 aromatic rings. The van der Waals surface area contributed by atoms with Crippen molar-refractivity contribution < 1.29 is 0 Å². The van der Waals surface area contributed by atoms with Crippen molar-refractivity contribution in [2.75, 3.05) is 0 Å². The van der Waals surface area contributed by atoms with Gasteiger partial charge in [0.15, 0.2) is 4.77 Å². The Morgan fingerprint density at radius 2 is 2.21 bits per heavy atom. The van der Waals surface area contributed by atoms with E-state index in [2.05, 4.69) is 43.6 Å². The summed E-state index contributed by atoms with van der Waals surface area (Å²) >= 11 is 8.91. The second-order valence-corrected chi connectivity index (χ2v) is 5.86. The fraction of sp³-hybridized carbons (Fsp3) is 0.231. The Bertz CT molecular complexity index is 812. The van der Waals surface area contributed by atoms with Gasteiger partial charge < -0.3 is 9.55 Å². The van der Waals surface area contributed by atoms with E-state index in [-0.39, 0.29) is 0 Å². The minimum absolute atomic E-state index is 0.731. The Kier molecular flexibility index (Phi) is 3.06. The van der Waals surface area contributed by atoms with Gasteiger partial charge in [-0.1, -0.05) is 15.9 Å². The number of hydrogen-bond acceptors (Lipinski definition) is 2. The average molecular weight is 337 g/mol. The van der Waals surface area contributed by atoms with Crippen LogP contribution >= 0.6 is 28.1 Å². The van der Waals surface area contributed by atoms with E-state index in [0.717, 1.165) is 32.5 Å². The quantitative estimate of drug-likeness (QED) is 0.727. The van der Waals surface area contributed by atoms with E-state index in [0.29, 0.717) is 0 Å². The van der Waals surface area contributed by atoms with Crippen molar-refractivity contribution in [1.82, 2.24) is 19.3 Å². The molecule has 98 valence electrons. The van der Waals surface area contributed by atoms with Crippen LogP contribution < -0.4 is 0 Å². The van der Waals surface area contributed by atoms with Crippen LogP contribution in [-0.2, 0) is 13.6 Å². The van der Waals surface area contributed by atoms with Gasteiger partial charge in [-0.3, -0.25) is 4.68 Å². The van der Waals surface area contributed by atoms with Gasteiger partial charge in [0.1, 0.15) is 0 Å². The van der Waals surface area contributed by atoms with E-state index in [1.165, 1.54) is 5.56 Å². The molecule has 0 bridgehead atoms. The number of aryl methyl sites for hydroxylation is 1. The molecule has 0 saturated carbocycles. The average Bonchev–Trinajstić information content (AvgIpc) is 2.85. The third kappa shape index (κ3) is 2.15. The lowest BCUT2D eigenvalue weighted by atomic mass is 10.2. The van der Waals surface area contributed by atoms with Crippen LogP contribution in [0.3, 0.4) is 0 Å². The van der Waals surface area contributed by atoms with Crippen LogP contribution in [0.25, 0.3) is 11.0 Å². The topological polar surface area (TPSA) is 38.5 Å². The first-order valence-corrected chi connectivity index (χ1v) is 7.12. The van der Waals surface area contributed by atoms with Crippen molar-refractivity contribution in [3.05, 3.63) is 44.9 Å². The Morgan fingerprint density at radius 3 is 2.89 bits per heavy atom. The highest BCUT2D eigenvalue weighted by atomic mass is 79.9. The van der Waals surface area contributed by atoms with E-state index in [1.54, 1.807) is 0 Å². The predicted molar refractivity (Wildman–Crippen MR) is 81.9 cm³/mol. The van der Waals surface area contributed by atoms with Crippen molar-refractivity contribution >= 4 is 39.2 Å². The molecule has 0 atom stereocenters. The molecule has 0 aliphatic heterocycles. The Labute approximate surface area is 124 Å². The maximum atomic E-state index is 5.41. The second-order valence-electron chi connectivity index (χ2n) is 4.56. The minimum atomic E-state index is 0.731. The monoisotopic (exact) mass is 336 g/mol. The molecule has 6 heteroatoms. The fourth-order valence-corrected chi connectivity index (χ4v) is 2.77. The number of nitrogens with zero attached hydrogens (tertiary/aromatic N) is 3. The number of aromatic amines is 1. The molecule has 4 nitrogen and oxygen atoms in total. The molecule has 0 amide bonds. The number of fused-ring (bicyclic) bond motifs is 1. The molecule has 0 spiro atoms. The summed E-state index contributed by atoms with van der Waals surface area (Å²) in [7, 11) is 1.95. The van der Waals surface area contributed by atoms with E-state index in [4.69, 9.17) is 12.2 Å². The van der Waals surface area contributed by atoms with E-state index in [9.17, 15) is 0 Å². The fourth-order valence-electron chi connectivity index (χ4n) is 2.15. The molecule has 3 rings (SSSR count). The highest BCUT2D eigenvalue weighted by molar-refractivity contribution is 9.10. The number of H-pyrrole nitrogens is 1. The van der Waals surface area contributed by atoms with Crippen molar-refractivity contribution in [3.63, 3.8) is 0 Å². The smallest absolute Gasteiger partial charge is 0.178 e. The predicted octanol–water partition coefficient (Wildman–Crippen LogP) is 3.55. The van der Waals surface area contributed by atoms with Gasteiger partial charge in [0, 0.05) is 22.8 Å². The van der Waals surface area contributed by atoms with Gasteiger partial charge >= 0.3 is 0 Å². The van der Waals surface area contributed by atoms with Crippen molar-refractivity contribution in [2.45, 2.75) is 13.5 Å². The number of benzene rings is 1. The summed E-state index contributed by atoms with van der Waals surface area (Å²) in [5, 5.41) is 4.27. The normalized spacial score (nSPS) is 11.3. The Morgan fingerprint density at radius 1 is 1.42 bits per heavy atom. The maximum absolute atomic E-state index is 5.41. The van der Waals surface area contributed by atoms with Crippen LogP contribution in [-0.4, -0.2) is 19.3 Å². The number of aromatic nitrogens is 4. The minimum Gasteiger partial charge on any atom is -0.331 e. The first-order valence-electron chi connectivity index (χ1n) is 5.92. The van der Waals surface area contributed by atoms with Crippen LogP contribution in [0.5, 0.6) is 0 Å². The standard InChI is InChI=1S/C13H13BrN4S/c1-8-9(6-15-17(8)2)7-18-12-5-10(14)3-4-11(12)16-13(18)19/h3-6H,7H2,1-2H3,(H,16,19). The van der Waals surface area contributed by atoms with E-state index < -0.39 is 0 Å². The zero-order chi connectivity index (χ0) is 13.6. The molecular weight excluding hydrogens is 324 g/mol. The highest BCUT2D eigenvalue weighted by Crippen LogP contribution is 2.21. The molecule has 2 aromatic heterocycles. The Hall–Kier alpha value is -1.40. The van der Waals surface area contributed by atoms with Crippen LogP contribution in [0.2, 0.25) is 0 Å². The van der Waals surface area contributed by atoms with Gasteiger partial charge in [-0.15, -0.1) is 0 Å². The van der Waals surface area contributed by atoms with Crippen LogP contribution in [0.1, 0.15) is 11.3 Å². The van der Waals surface area contributed by atoms with Crippen LogP contribution in [0.15, 0.2) is 28.9 Å². The van der Waals surface area contributed by atoms with Crippen LogP contribution in [0, 0.1) is 11.7 Å². The van der Waals surface area contributed by atoms with Crippen molar-refractivity contribution in [2.24, 2.45) is 7.05 Å². The molecule has 0 radical (unpaired) electrons. The third-order valence-corrected chi connectivity index (χ3v) is 4.22. The van der Waals surface area contributed by atoms with E-state index >= 15 is 0 Å². The molecule has 1 N–H and O–H groups in total. The summed E-state index contributed by atoms with van der Waals surface area (Å²) in [6, 6.07) is 6.11. The van der Waals surface area contributed by atoms with Crippen LogP contribution in [0.4, 0.5) is 0 Å². The first kappa shape index (κ1) is 12.6. The van der Waals surface area contributed by atoms with Gasteiger partial charge in [0.2, 0.25) is 0 Å². The van der Waals surface area contributed by atoms with Gasteiger partial charge in [-0.25, -0.2) is 0 Å². The number of imidazole rings is 1. The maximum Gasteiger partial charge on any atom is 0.178 e. The van der Waals surface area contributed by atoms with Gasteiger partial charge in [0.25, 0.3) is 0 Å². The number of rotatable bonds is 2. The lowest BCUT2D eigenvalue weighted by Crippen LogP contribution is -2.01. The van der Waals surface area contributed by atoms with Gasteiger partial charge in [-0.05, 0) is 37.3 Å². The zero-order valence-corrected chi connectivity index (χ0v) is 13.0. The molecule has 19 heavy (non-hydrogen) atoms. The van der Waals surface area contributed by atoms with Crippen molar-refractivity contribution in [1.29, 1.82) is 0 Å². The Balaban J connectivity index is 2.15. The highest BCUT2D eigenvalue weighted by Gasteiger charge is 2.09. The summed E-state index contributed by atoms with van der Waals surface area (Å²) in [4.78, 5) is 3.23. The molecule has 2 heterocycles.